The van der Waals surface area contributed by atoms with Gasteiger partial charge < -0.3 is 0 Å². The van der Waals surface area contributed by atoms with Gasteiger partial charge in [-0.05, 0) is 0 Å². The predicted molar refractivity (Wildman–Crippen MR) is 25.2 cm³/mol. The average Bonchev–Trinajstić information content (AvgIpc) is 1.55. The molecule has 2 nitrogen and oxygen atoms in total. The molecule has 1 aliphatic rings. The van der Waals surface area contributed by atoms with E-state index in [1.807, 2.05) is 0 Å². The first kappa shape index (κ1) is 4.81. The van der Waals surface area contributed by atoms with Gasteiger partial charge in [0.1, 0.15) is 0 Å². The van der Waals surface area contributed by atoms with E-state index in [4.69, 9.17) is 0 Å². The van der Waals surface area contributed by atoms with Crippen molar-refractivity contribution in [3.05, 3.63) is 0 Å². The van der Waals surface area contributed by atoms with Crippen LogP contribution in [0, 0.1) is 0 Å². The Labute approximate surface area is 43.1 Å². The molecule has 1 saturated carbocycles. The van der Waals surface area contributed by atoms with Crippen LogP contribution in [0.25, 0.3) is 0 Å². The molecule has 0 spiro atoms. The van der Waals surface area contributed by atoms with Gasteiger partial charge in [0, 0.05) is 0 Å². The Kier molecular flexibility index (Phi) is 1.44. The van der Waals surface area contributed by atoms with Crippen LogP contribution in [0.2, 0.25) is 0 Å². The van der Waals surface area contributed by atoms with Crippen LogP contribution in [0.4, 0.5) is 0 Å². The number of rotatable bonds is 2. The summed E-state index contributed by atoms with van der Waals surface area (Å²) in [5.41, 5.74) is 0. The third-order valence-electron chi connectivity index (χ3n) is 1.30. The molecule has 0 saturated heterocycles. The van der Waals surface area contributed by atoms with Crippen molar-refractivity contribution in [2.75, 3.05) is 0 Å². The van der Waals surface area contributed by atoms with Crippen LogP contribution < -0.4 is 0 Å². The van der Waals surface area contributed by atoms with Crippen molar-refractivity contribution < 1.29 is 9.36 Å². The van der Waals surface area contributed by atoms with E-state index >= 15 is 0 Å². The van der Waals surface area contributed by atoms with Crippen LogP contribution in [0.1, 0.15) is 19.3 Å². The van der Waals surface area contributed by atoms with Crippen molar-refractivity contribution in [3.63, 3.8) is 0 Å². The van der Waals surface area contributed by atoms with Gasteiger partial charge in [-0.1, -0.05) is 0 Å². The van der Waals surface area contributed by atoms with Crippen molar-refractivity contribution in [2.24, 2.45) is 0 Å². The second-order valence-corrected chi connectivity index (χ2v) is 1.79. The molecule has 0 aliphatic heterocycles. The van der Waals surface area contributed by atoms with E-state index in [0.717, 1.165) is 12.8 Å². The van der Waals surface area contributed by atoms with Crippen molar-refractivity contribution in [1.82, 2.24) is 0 Å². The summed E-state index contributed by atoms with van der Waals surface area (Å²) in [7, 11) is 0.532. The van der Waals surface area contributed by atoms with Gasteiger partial charge in [0.25, 0.3) is 0 Å². The summed E-state index contributed by atoms with van der Waals surface area (Å²) in [5, 5.41) is 0. The van der Waals surface area contributed by atoms with E-state index in [1.165, 1.54) is 6.42 Å². The third kappa shape index (κ3) is 1.01. The Morgan fingerprint density at radius 3 is 2.43 bits per heavy atom. The minimum absolute atomic E-state index is 0.262. The Morgan fingerprint density at radius 2 is 2.29 bits per heavy atom. The van der Waals surface area contributed by atoms with Crippen LogP contribution in [0.15, 0.2) is 0 Å². The summed E-state index contributed by atoms with van der Waals surface area (Å²) in [6.07, 6.45) is 3.62. The molecule has 3 heteroatoms. The maximum absolute atomic E-state index is 9.59. The van der Waals surface area contributed by atoms with E-state index in [9.17, 15) is 4.70 Å². The average molecular weight is 97.9 g/mol. The van der Waals surface area contributed by atoms with Gasteiger partial charge in [0.2, 0.25) is 0 Å². The third-order valence-corrected chi connectivity index (χ3v) is 1.30. The molecule has 0 aromatic rings. The van der Waals surface area contributed by atoms with Gasteiger partial charge in [0.05, 0.1) is 0 Å². The van der Waals surface area contributed by atoms with Gasteiger partial charge >= 0.3 is 42.1 Å². The number of hydrogen-bond donors (Lipinski definition) is 0. The van der Waals surface area contributed by atoms with Crippen LogP contribution in [-0.4, -0.2) is 13.5 Å². The second-order valence-electron chi connectivity index (χ2n) is 1.79. The maximum atomic E-state index is 9.59. The quantitative estimate of drug-likeness (QED) is 0.470. The molecule has 0 radical (unpaired) electrons. The second kappa shape index (κ2) is 2.10. The van der Waals surface area contributed by atoms with Gasteiger partial charge in [-0.25, -0.2) is 0 Å². The summed E-state index contributed by atoms with van der Waals surface area (Å²) in [5.74, 6) is 0. The molecule has 0 bridgehead atoms. The Morgan fingerprint density at radius 1 is 1.57 bits per heavy atom. The van der Waals surface area contributed by atoms with E-state index in [1.54, 1.807) is 0 Å². The topological polar surface area (TPSA) is 26.3 Å². The summed E-state index contributed by atoms with van der Waals surface area (Å²) in [6, 6.07) is 0. The van der Waals surface area contributed by atoms with Gasteiger partial charge in [-0.2, -0.15) is 0 Å². The fourth-order valence-electron chi connectivity index (χ4n) is 0.585. The summed E-state index contributed by atoms with van der Waals surface area (Å²) in [4.78, 5) is 0. The molecule has 7 heavy (non-hydrogen) atoms. The Bertz CT molecular complexity index is 70.1. The van der Waals surface area contributed by atoms with Crippen LogP contribution in [0.5, 0.6) is 0 Å². The molecule has 0 heterocycles. The molecule has 0 atom stereocenters. The fourth-order valence-corrected chi connectivity index (χ4v) is 0.585. The zero-order valence-corrected chi connectivity index (χ0v) is 4.09. The van der Waals surface area contributed by atoms with E-state index < -0.39 is 0 Å². The van der Waals surface area contributed by atoms with E-state index in [2.05, 4.69) is 4.65 Å². The molecule has 1 rings (SSSR count). The molecule has 0 unspecified atom stereocenters. The standard InChI is InChI=1S/C4H7BO2/c6-5-7-4-2-1-3-4/h4H,1-3H2. The summed E-state index contributed by atoms with van der Waals surface area (Å²) >= 11 is 0. The normalized spacial score (nSPS) is 20.0. The molecule has 1 aliphatic carbocycles. The van der Waals surface area contributed by atoms with Crippen LogP contribution >= 0.6 is 0 Å². The SMILES string of the molecule is O=BOC1CCC1. The molecule has 1 fully saturated rings. The summed E-state index contributed by atoms with van der Waals surface area (Å²) < 4.78 is 14.2. The van der Waals surface area contributed by atoms with Crippen molar-refractivity contribution in [3.8, 4) is 0 Å². The van der Waals surface area contributed by atoms with Crippen molar-refractivity contribution >= 4 is 7.35 Å². The monoisotopic (exact) mass is 98.1 g/mol. The molecular weight excluding hydrogens is 90.9 g/mol. The van der Waals surface area contributed by atoms with Crippen molar-refractivity contribution in [2.45, 2.75) is 25.4 Å². The van der Waals surface area contributed by atoms with Gasteiger partial charge in [-0.15, -0.1) is 0 Å². The first-order valence-corrected chi connectivity index (χ1v) is 2.52. The molecule has 0 aromatic heterocycles. The van der Waals surface area contributed by atoms with Gasteiger partial charge in [-0.3, -0.25) is 0 Å². The molecule has 0 amide bonds. The predicted octanol–water partition coefficient (Wildman–Crippen LogP) is 0.520. The first-order valence-electron chi connectivity index (χ1n) is 2.52. The Balaban J connectivity index is 2.03. The summed E-state index contributed by atoms with van der Waals surface area (Å²) in [6.45, 7) is 0. The molecule has 0 N–H and O–H groups in total. The first-order chi connectivity index (χ1) is 3.43. The van der Waals surface area contributed by atoms with E-state index in [-0.39, 0.29) is 6.10 Å². The van der Waals surface area contributed by atoms with Gasteiger partial charge in [0.15, 0.2) is 0 Å². The molecule has 0 aromatic carbocycles. The molecule has 38 valence electrons. The zero-order valence-electron chi connectivity index (χ0n) is 4.09. The zero-order chi connectivity index (χ0) is 5.11. The molecular formula is C4H7BO2. The number of hydrogen-bond acceptors (Lipinski definition) is 2. The fraction of sp³-hybridized carbons (Fsp3) is 1.00. The van der Waals surface area contributed by atoms with Crippen molar-refractivity contribution in [1.29, 1.82) is 0 Å². The van der Waals surface area contributed by atoms with Crippen LogP contribution in [0.3, 0.4) is 0 Å². The Hall–Kier alpha value is -0.335. The minimum atomic E-state index is 0.262. The van der Waals surface area contributed by atoms with Crippen LogP contribution in [-0.2, 0) is 9.36 Å². The van der Waals surface area contributed by atoms with E-state index in [0.29, 0.717) is 7.35 Å².